The highest BCUT2D eigenvalue weighted by Crippen LogP contribution is 2.24. The molecule has 0 saturated heterocycles. The van der Waals surface area contributed by atoms with Crippen molar-refractivity contribution in [2.45, 2.75) is 19.4 Å². The number of hydrogen-bond acceptors (Lipinski definition) is 3. The third kappa shape index (κ3) is 3.00. The van der Waals surface area contributed by atoms with Gasteiger partial charge >= 0.3 is 0 Å². The molecule has 2 aromatic rings. The van der Waals surface area contributed by atoms with Crippen LogP contribution in [0.1, 0.15) is 22.8 Å². The third-order valence-corrected chi connectivity index (χ3v) is 3.00. The van der Waals surface area contributed by atoms with Crippen molar-refractivity contribution in [3.63, 3.8) is 0 Å². The number of nitrogen functional groups attached to an aromatic ring is 1. The highest BCUT2D eigenvalue weighted by atomic mass is 35.5. The van der Waals surface area contributed by atoms with Gasteiger partial charge < -0.3 is 10.8 Å². The topological polar surface area (TPSA) is 59.1 Å². The zero-order chi connectivity index (χ0) is 13.1. The minimum absolute atomic E-state index is 0.370. The number of anilines is 1. The van der Waals surface area contributed by atoms with Crippen LogP contribution < -0.4 is 5.73 Å². The van der Waals surface area contributed by atoms with Crippen LogP contribution in [0.3, 0.4) is 0 Å². The molecule has 1 aromatic heterocycles. The monoisotopic (exact) mass is 262 g/mol. The number of benzene rings is 1. The maximum Gasteiger partial charge on any atom is 0.129 e. The second kappa shape index (κ2) is 5.38. The van der Waals surface area contributed by atoms with Crippen LogP contribution in [0.4, 0.5) is 5.82 Å². The number of aryl methyl sites for hydroxylation is 1. The molecule has 1 unspecified atom stereocenters. The summed E-state index contributed by atoms with van der Waals surface area (Å²) in [6.45, 7) is 1.92. The van der Waals surface area contributed by atoms with Crippen molar-refractivity contribution in [3.8, 4) is 0 Å². The SMILES string of the molecule is Cc1cnc(N)c(C(O)Cc2cccc(Cl)c2)c1. The van der Waals surface area contributed by atoms with Gasteiger partial charge in [-0.25, -0.2) is 4.98 Å². The van der Waals surface area contributed by atoms with Gasteiger partial charge in [-0.15, -0.1) is 0 Å². The summed E-state index contributed by atoms with van der Waals surface area (Å²) in [7, 11) is 0. The van der Waals surface area contributed by atoms with Gasteiger partial charge in [-0.05, 0) is 36.2 Å². The van der Waals surface area contributed by atoms with E-state index in [4.69, 9.17) is 17.3 Å². The second-order valence-electron chi connectivity index (χ2n) is 4.34. The normalized spacial score (nSPS) is 12.4. The number of nitrogens with two attached hydrogens (primary N) is 1. The van der Waals surface area contributed by atoms with Crippen molar-refractivity contribution in [1.29, 1.82) is 0 Å². The molecule has 0 aliphatic carbocycles. The number of nitrogens with zero attached hydrogens (tertiary/aromatic N) is 1. The highest BCUT2D eigenvalue weighted by Gasteiger charge is 2.13. The van der Waals surface area contributed by atoms with E-state index in [1.165, 1.54) is 0 Å². The van der Waals surface area contributed by atoms with Gasteiger partial charge in [-0.2, -0.15) is 0 Å². The Labute approximate surface area is 111 Å². The fourth-order valence-electron chi connectivity index (χ4n) is 1.87. The Kier molecular flexibility index (Phi) is 3.84. The van der Waals surface area contributed by atoms with Crippen LogP contribution in [0.5, 0.6) is 0 Å². The largest absolute Gasteiger partial charge is 0.388 e. The van der Waals surface area contributed by atoms with Crippen molar-refractivity contribution in [1.82, 2.24) is 4.98 Å². The molecule has 3 N–H and O–H groups in total. The lowest BCUT2D eigenvalue weighted by Gasteiger charge is -2.13. The average molecular weight is 263 g/mol. The van der Waals surface area contributed by atoms with E-state index >= 15 is 0 Å². The first-order chi connectivity index (χ1) is 8.56. The lowest BCUT2D eigenvalue weighted by molar-refractivity contribution is 0.179. The van der Waals surface area contributed by atoms with Gasteiger partial charge in [0.1, 0.15) is 5.82 Å². The molecular formula is C14H15ClN2O. The summed E-state index contributed by atoms with van der Waals surface area (Å²) in [5.74, 6) is 0.370. The molecule has 0 aliphatic rings. The van der Waals surface area contributed by atoms with Crippen LogP contribution in [0.2, 0.25) is 5.02 Å². The van der Waals surface area contributed by atoms with Crippen molar-refractivity contribution in [2.75, 3.05) is 5.73 Å². The number of rotatable bonds is 3. The molecule has 0 amide bonds. The van der Waals surface area contributed by atoms with E-state index < -0.39 is 6.10 Å². The number of halogens is 1. The summed E-state index contributed by atoms with van der Waals surface area (Å²) < 4.78 is 0. The Bertz CT molecular complexity index is 557. The molecule has 4 heteroatoms. The zero-order valence-corrected chi connectivity index (χ0v) is 10.9. The Morgan fingerprint density at radius 3 is 2.89 bits per heavy atom. The summed E-state index contributed by atoms with van der Waals surface area (Å²) in [4.78, 5) is 4.05. The van der Waals surface area contributed by atoms with Gasteiger partial charge in [-0.1, -0.05) is 23.7 Å². The fourth-order valence-corrected chi connectivity index (χ4v) is 2.08. The second-order valence-corrected chi connectivity index (χ2v) is 4.77. The van der Waals surface area contributed by atoms with Crippen molar-refractivity contribution < 1.29 is 5.11 Å². The molecule has 0 fully saturated rings. The van der Waals surface area contributed by atoms with E-state index in [0.29, 0.717) is 22.8 Å². The molecule has 0 bridgehead atoms. The van der Waals surface area contributed by atoms with Crippen LogP contribution >= 0.6 is 11.6 Å². The molecule has 94 valence electrons. The lowest BCUT2D eigenvalue weighted by atomic mass is 10.0. The van der Waals surface area contributed by atoms with Gasteiger partial charge in [0.25, 0.3) is 0 Å². The third-order valence-electron chi connectivity index (χ3n) is 2.76. The zero-order valence-electron chi connectivity index (χ0n) is 10.1. The predicted octanol–water partition coefficient (Wildman–Crippen LogP) is 2.90. The Hall–Kier alpha value is -1.58. The molecule has 0 radical (unpaired) electrons. The minimum atomic E-state index is -0.670. The molecular weight excluding hydrogens is 248 g/mol. The van der Waals surface area contributed by atoms with Crippen LogP contribution in [0, 0.1) is 6.92 Å². The fraction of sp³-hybridized carbons (Fsp3) is 0.214. The highest BCUT2D eigenvalue weighted by molar-refractivity contribution is 6.30. The van der Waals surface area contributed by atoms with Crippen LogP contribution in [0.25, 0.3) is 0 Å². The van der Waals surface area contributed by atoms with E-state index in [2.05, 4.69) is 4.98 Å². The Morgan fingerprint density at radius 1 is 1.39 bits per heavy atom. The Morgan fingerprint density at radius 2 is 2.17 bits per heavy atom. The Balaban J connectivity index is 2.21. The van der Waals surface area contributed by atoms with Crippen LogP contribution in [-0.4, -0.2) is 10.1 Å². The summed E-state index contributed by atoms with van der Waals surface area (Å²) in [6.07, 6.45) is 1.48. The maximum atomic E-state index is 10.2. The molecule has 2 rings (SSSR count). The van der Waals surface area contributed by atoms with Gasteiger partial charge in [0.05, 0.1) is 6.10 Å². The molecule has 1 aromatic carbocycles. The van der Waals surface area contributed by atoms with Crippen molar-refractivity contribution >= 4 is 17.4 Å². The summed E-state index contributed by atoms with van der Waals surface area (Å²) in [5.41, 5.74) is 8.38. The van der Waals surface area contributed by atoms with E-state index in [-0.39, 0.29) is 0 Å². The molecule has 1 heterocycles. The lowest BCUT2D eigenvalue weighted by Crippen LogP contribution is -2.07. The molecule has 18 heavy (non-hydrogen) atoms. The van der Waals surface area contributed by atoms with Gasteiger partial charge in [-0.3, -0.25) is 0 Å². The first-order valence-electron chi connectivity index (χ1n) is 5.71. The summed E-state index contributed by atoms with van der Waals surface area (Å²) in [5, 5.41) is 10.9. The minimum Gasteiger partial charge on any atom is -0.388 e. The van der Waals surface area contributed by atoms with E-state index in [1.807, 2.05) is 31.2 Å². The summed E-state index contributed by atoms with van der Waals surface area (Å²) in [6, 6.07) is 9.29. The molecule has 0 spiro atoms. The van der Waals surface area contributed by atoms with Gasteiger partial charge in [0.2, 0.25) is 0 Å². The molecule has 3 nitrogen and oxygen atoms in total. The van der Waals surface area contributed by atoms with Gasteiger partial charge in [0.15, 0.2) is 0 Å². The molecule has 0 aliphatic heterocycles. The first-order valence-corrected chi connectivity index (χ1v) is 6.08. The maximum absolute atomic E-state index is 10.2. The van der Waals surface area contributed by atoms with Crippen LogP contribution in [0.15, 0.2) is 36.5 Å². The first kappa shape index (κ1) is 12.9. The van der Waals surface area contributed by atoms with Gasteiger partial charge in [0, 0.05) is 23.2 Å². The molecule has 1 atom stereocenters. The average Bonchev–Trinajstić information content (AvgIpc) is 2.32. The van der Waals surface area contributed by atoms with E-state index in [0.717, 1.165) is 11.1 Å². The number of aliphatic hydroxyl groups excluding tert-OH is 1. The van der Waals surface area contributed by atoms with Crippen molar-refractivity contribution in [2.24, 2.45) is 0 Å². The quantitative estimate of drug-likeness (QED) is 0.894. The predicted molar refractivity (Wildman–Crippen MR) is 73.5 cm³/mol. The number of pyridine rings is 1. The van der Waals surface area contributed by atoms with E-state index in [1.54, 1.807) is 12.3 Å². The summed E-state index contributed by atoms with van der Waals surface area (Å²) >= 11 is 5.91. The standard InChI is InChI=1S/C14H15ClN2O/c1-9-5-12(14(16)17-8-9)13(18)7-10-3-2-4-11(15)6-10/h2-6,8,13,18H,7H2,1H3,(H2,16,17). The molecule has 0 saturated carbocycles. The number of hydrogen-bond donors (Lipinski definition) is 2. The van der Waals surface area contributed by atoms with Crippen LogP contribution in [-0.2, 0) is 6.42 Å². The van der Waals surface area contributed by atoms with Crippen molar-refractivity contribution in [3.05, 3.63) is 58.2 Å². The number of aliphatic hydroxyl groups is 1. The van der Waals surface area contributed by atoms with E-state index in [9.17, 15) is 5.11 Å². The number of aromatic nitrogens is 1. The smallest absolute Gasteiger partial charge is 0.129 e.